The Balaban J connectivity index is 1.88. The minimum Gasteiger partial charge on any atom is -0.475 e. The second kappa shape index (κ2) is 7.14. The highest BCUT2D eigenvalue weighted by Crippen LogP contribution is 2.25. The molecule has 0 radical (unpaired) electrons. The molecule has 0 aromatic carbocycles. The quantitative estimate of drug-likeness (QED) is 0.594. The van der Waals surface area contributed by atoms with Crippen molar-refractivity contribution in [3.63, 3.8) is 0 Å². The highest BCUT2D eigenvalue weighted by atomic mass is 16.5. The van der Waals surface area contributed by atoms with Gasteiger partial charge in [-0.3, -0.25) is 4.79 Å². The minimum atomic E-state index is -0.548. The Bertz CT molecular complexity index is 914. The Labute approximate surface area is 144 Å². The molecular formula is C18H18N4O3. The fourth-order valence-electron chi connectivity index (χ4n) is 2.33. The van der Waals surface area contributed by atoms with Crippen LogP contribution in [-0.4, -0.2) is 38.7 Å². The SMILES string of the molecule is C[C@@H](O)COc1ccc(-c2cnc3[nH]cc(/C=C/C(N)=O)c3c2)cn1. The largest absolute Gasteiger partial charge is 0.475 e. The highest BCUT2D eigenvalue weighted by Gasteiger charge is 2.07. The first-order chi connectivity index (χ1) is 12.0. The van der Waals surface area contributed by atoms with Crippen molar-refractivity contribution in [2.45, 2.75) is 13.0 Å². The van der Waals surface area contributed by atoms with Crippen molar-refractivity contribution in [1.29, 1.82) is 0 Å². The van der Waals surface area contributed by atoms with E-state index in [1.54, 1.807) is 37.7 Å². The molecule has 3 rings (SSSR count). The van der Waals surface area contributed by atoms with Gasteiger partial charge in [0.15, 0.2) is 0 Å². The standard InChI is InChI=1S/C18H18N4O3/c1-11(23)10-25-17-5-3-12(7-20-17)14-6-15-13(2-4-16(19)24)8-21-18(15)22-9-14/h2-9,11,23H,10H2,1H3,(H2,19,24)(H,21,22)/b4-2+/t11-/m1/s1. The maximum absolute atomic E-state index is 10.9. The third-order valence-electron chi connectivity index (χ3n) is 3.53. The van der Waals surface area contributed by atoms with E-state index in [0.29, 0.717) is 5.88 Å². The van der Waals surface area contributed by atoms with Crippen LogP contribution in [0.5, 0.6) is 5.88 Å². The molecule has 1 atom stereocenters. The Morgan fingerprint density at radius 3 is 2.84 bits per heavy atom. The maximum atomic E-state index is 10.9. The smallest absolute Gasteiger partial charge is 0.241 e. The Morgan fingerprint density at radius 1 is 1.36 bits per heavy atom. The number of hydrogen-bond donors (Lipinski definition) is 3. The molecule has 128 valence electrons. The van der Waals surface area contributed by atoms with Crippen LogP contribution in [0.25, 0.3) is 28.2 Å². The van der Waals surface area contributed by atoms with Gasteiger partial charge in [0.25, 0.3) is 0 Å². The molecule has 3 heterocycles. The van der Waals surface area contributed by atoms with E-state index in [2.05, 4.69) is 15.0 Å². The first-order valence-electron chi connectivity index (χ1n) is 7.75. The third-order valence-corrected chi connectivity index (χ3v) is 3.53. The third kappa shape index (κ3) is 4.02. The van der Waals surface area contributed by atoms with Gasteiger partial charge >= 0.3 is 0 Å². The van der Waals surface area contributed by atoms with Crippen LogP contribution in [-0.2, 0) is 4.79 Å². The van der Waals surface area contributed by atoms with E-state index in [9.17, 15) is 9.90 Å². The van der Waals surface area contributed by atoms with E-state index in [4.69, 9.17) is 10.5 Å². The zero-order valence-electron chi connectivity index (χ0n) is 13.6. The average molecular weight is 338 g/mol. The number of fused-ring (bicyclic) bond motifs is 1. The molecule has 0 aliphatic carbocycles. The van der Waals surface area contributed by atoms with Gasteiger partial charge in [0.2, 0.25) is 11.8 Å². The number of aliphatic hydroxyl groups is 1. The van der Waals surface area contributed by atoms with Gasteiger partial charge in [0, 0.05) is 52.8 Å². The lowest BCUT2D eigenvalue weighted by molar-refractivity contribution is -0.113. The molecule has 0 saturated heterocycles. The van der Waals surface area contributed by atoms with Crippen molar-refractivity contribution >= 4 is 23.0 Å². The molecule has 0 aliphatic rings. The summed E-state index contributed by atoms with van der Waals surface area (Å²) in [6.45, 7) is 1.84. The molecule has 4 N–H and O–H groups in total. The number of aliphatic hydroxyl groups excluding tert-OH is 1. The number of amides is 1. The Hall–Kier alpha value is -3.19. The summed E-state index contributed by atoms with van der Waals surface area (Å²) in [6.07, 6.45) is 7.61. The van der Waals surface area contributed by atoms with Crippen molar-refractivity contribution in [3.05, 3.63) is 48.4 Å². The van der Waals surface area contributed by atoms with E-state index in [1.807, 2.05) is 12.1 Å². The second-order valence-corrected chi connectivity index (χ2v) is 5.65. The number of carbonyl (C=O) groups is 1. The van der Waals surface area contributed by atoms with Crippen LogP contribution in [0.15, 0.2) is 42.9 Å². The van der Waals surface area contributed by atoms with E-state index in [-0.39, 0.29) is 6.61 Å². The minimum absolute atomic E-state index is 0.193. The van der Waals surface area contributed by atoms with Gasteiger partial charge in [-0.2, -0.15) is 0 Å². The lowest BCUT2D eigenvalue weighted by Gasteiger charge is -2.08. The molecule has 7 heteroatoms. The van der Waals surface area contributed by atoms with Gasteiger partial charge < -0.3 is 20.6 Å². The Morgan fingerprint density at radius 2 is 2.16 bits per heavy atom. The first-order valence-corrected chi connectivity index (χ1v) is 7.75. The van der Waals surface area contributed by atoms with Gasteiger partial charge in [-0.05, 0) is 25.1 Å². The lowest BCUT2D eigenvalue weighted by Crippen LogP contribution is -2.13. The zero-order chi connectivity index (χ0) is 17.8. The number of primary amides is 1. The van der Waals surface area contributed by atoms with Crippen molar-refractivity contribution < 1.29 is 14.6 Å². The number of carbonyl (C=O) groups excluding carboxylic acids is 1. The molecule has 3 aromatic rings. The maximum Gasteiger partial charge on any atom is 0.241 e. The predicted octanol–water partition coefficient (Wildman–Crippen LogP) is 1.88. The summed E-state index contributed by atoms with van der Waals surface area (Å²) in [5.41, 5.74) is 8.46. The van der Waals surface area contributed by atoms with Crippen molar-refractivity contribution in [2.24, 2.45) is 5.73 Å². The number of nitrogens with two attached hydrogens (primary N) is 1. The summed E-state index contributed by atoms with van der Waals surface area (Å²) in [5, 5.41) is 10.1. The normalized spacial score (nSPS) is 12.6. The van der Waals surface area contributed by atoms with Gasteiger partial charge in [-0.15, -0.1) is 0 Å². The zero-order valence-corrected chi connectivity index (χ0v) is 13.6. The van der Waals surface area contributed by atoms with Crippen LogP contribution in [0.3, 0.4) is 0 Å². The lowest BCUT2D eigenvalue weighted by atomic mass is 10.1. The number of ether oxygens (including phenoxy) is 1. The number of rotatable bonds is 6. The van der Waals surface area contributed by atoms with Crippen LogP contribution in [0.2, 0.25) is 0 Å². The molecule has 0 aliphatic heterocycles. The molecule has 7 nitrogen and oxygen atoms in total. The van der Waals surface area contributed by atoms with E-state index in [0.717, 1.165) is 27.7 Å². The van der Waals surface area contributed by atoms with Crippen LogP contribution >= 0.6 is 0 Å². The molecule has 25 heavy (non-hydrogen) atoms. The average Bonchev–Trinajstić information content (AvgIpc) is 3.01. The number of nitrogens with one attached hydrogen (secondary N) is 1. The number of pyridine rings is 2. The topological polar surface area (TPSA) is 114 Å². The molecule has 0 saturated carbocycles. The summed E-state index contributed by atoms with van der Waals surface area (Å²) in [6, 6.07) is 5.58. The molecule has 0 spiro atoms. The van der Waals surface area contributed by atoms with Crippen LogP contribution in [0, 0.1) is 0 Å². The summed E-state index contributed by atoms with van der Waals surface area (Å²) in [7, 11) is 0. The van der Waals surface area contributed by atoms with Crippen LogP contribution in [0.1, 0.15) is 12.5 Å². The number of aromatic amines is 1. The van der Waals surface area contributed by atoms with Crippen molar-refractivity contribution in [3.8, 4) is 17.0 Å². The number of aromatic nitrogens is 3. The molecule has 3 aromatic heterocycles. The summed E-state index contributed by atoms with van der Waals surface area (Å²) in [4.78, 5) is 22.6. The van der Waals surface area contributed by atoms with Gasteiger partial charge in [0.05, 0.1) is 6.10 Å². The van der Waals surface area contributed by atoms with E-state index < -0.39 is 12.0 Å². The molecule has 0 bridgehead atoms. The second-order valence-electron chi connectivity index (χ2n) is 5.65. The number of hydrogen-bond acceptors (Lipinski definition) is 5. The van der Waals surface area contributed by atoms with Crippen molar-refractivity contribution in [1.82, 2.24) is 15.0 Å². The Kier molecular flexibility index (Phi) is 4.76. The van der Waals surface area contributed by atoms with Crippen LogP contribution < -0.4 is 10.5 Å². The molecule has 0 unspecified atom stereocenters. The number of nitrogens with zero attached hydrogens (tertiary/aromatic N) is 2. The fourth-order valence-corrected chi connectivity index (χ4v) is 2.33. The highest BCUT2D eigenvalue weighted by molar-refractivity contribution is 5.95. The van der Waals surface area contributed by atoms with Crippen molar-refractivity contribution in [2.75, 3.05) is 6.61 Å². The summed E-state index contributed by atoms with van der Waals surface area (Å²) >= 11 is 0. The van der Waals surface area contributed by atoms with E-state index in [1.165, 1.54) is 6.08 Å². The summed E-state index contributed by atoms with van der Waals surface area (Å²) < 4.78 is 5.35. The summed E-state index contributed by atoms with van der Waals surface area (Å²) in [5.74, 6) is -0.0548. The van der Waals surface area contributed by atoms with Crippen LogP contribution in [0.4, 0.5) is 0 Å². The predicted molar refractivity (Wildman–Crippen MR) is 94.7 cm³/mol. The number of H-pyrrole nitrogens is 1. The van der Waals surface area contributed by atoms with Gasteiger partial charge in [-0.25, -0.2) is 9.97 Å². The molecule has 0 fully saturated rings. The first kappa shape index (κ1) is 16.7. The van der Waals surface area contributed by atoms with Gasteiger partial charge in [0.1, 0.15) is 12.3 Å². The van der Waals surface area contributed by atoms with E-state index >= 15 is 0 Å². The monoisotopic (exact) mass is 338 g/mol. The van der Waals surface area contributed by atoms with Gasteiger partial charge in [-0.1, -0.05) is 0 Å². The fraction of sp³-hybridized carbons (Fsp3) is 0.167. The molecular weight excluding hydrogens is 320 g/mol. The molecule has 1 amide bonds.